The molecule has 1 aromatic carbocycles. The van der Waals surface area contributed by atoms with Crippen LogP contribution in [0.25, 0.3) is 10.9 Å². The first-order valence-corrected chi connectivity index (χ1v) is 8.98. The molecule has 130 valence electrons. The van der Waals surface area contributed by atoms with Crippen molar-refractivity contribution in [3.8, 4) is 0 Å². The van der Waals surface area contributed by atoms with Crippen LogP contribution in [-0.4, -0.2) is 25.7 Å². The third kappa shape index (κ3) is 3.16. The number of H-pyrrole nitrogens is 1. The molecule has 1 aliphatic heterocycles. The number of fused-ring (bicyclic) bond motifs is 2. The van der Waals surface area contributed by atoms with E-state index in [0.717, 1.165) is 47.5 Å². The molecule has 1 aliphatic rings. The minimum Gasteiger partial charge on any atom is -0.361 e. The van der Waals surface area contributed by atoms with Crippen LogP contribution >= 0.6 is 0 Å². The van der Waals surface area contributed by atoms with Crippen molar-refractivity contribution in [3.05, 3.63) is 47.7 Å². The molecule has 1 amide bonds. The second kappa shape index (κ2) is 6.70. The number of para-hydroxylation sites is 1. The van der Waals surface area contributed by atoms with Gasteiger partial charge >= 0.3 is 0 Å². The predicted octanol–water partition coefficient (Wildman–Crippen LogP) is 2.91. The summed E-state index contributed by atoms with van der Waals surface area (Å²) < 4.78 is 2.18. The Morgan fingerprint density at radius 2 is 2.16 bits per heavy atom. The Kier molecular flexibility index (Phi) is 4.26. The molecule has 2 N–H and O–H groups in total. The number of carbonyl (C=O) groups excluding carboxylic acids is 1. The monoisotopic (exact) mass is 337 g/mol. The zero-order chi connectivity index (χ0) is 17.2. The van der Waals surface area contributed by atoms with Gasteiger partial charge in [-0.05, 0) is 31.4 Å². The summed E-state index contributed by atoms with van der Waals surface area (Å²) in [6, 6.07) is 7.89. The first-order valence-electron chi connectivity index (χ1n) is 8.98. The second-order valence-corrected chi connectivity index (χ2v) is 6.76. The average molecular weight is 337 g/mol. The van der Waals surface area contributed by atoms with Crippen LogP contribution in [-0.2, 0) is 24.2 Å². The topological polar surface area (TPSA) is 75.6 Å². The molecule has 6 nitrogen and oxygen atoms in total. The Morgan fingerprint density at radius 1 is 1.28 bits per heavy atom. The molecular formula is C19H23N5O. The number of rotatable bonds is 4. The number of aromatic amines is 1. The van der Waals surface area contributed by atoms with Crippen molar-refractivity contribution in [2.45, 2.75) is 51.6 Å². The summed E-state index contributed by atoms with van der Waals surface area (Å²) in [5, 5.41) is 12.8. The van der Waals surface area contributed by atoms with Crippen molar-refractivity contribution in [1.82, 2.24) is 25.1 Å². The molecule has 25 heavy (non-hydrogen) atoms. The van der Waals surface area contributed by atoms with Crippen molar-refractivity contribution in [2.75, 3.05) is 0 Å². The second-order valence-electron chi connectivity index (χ2n) is 6.76. The summed E-state index contributed by atoms with van der Waals surface area (Å²) >= 11 is 0. The molecule has 0 unspecified atom stereocenters. The third-order valence-corrected chi connectivity index (χ3v) is 4.93. The minimum atomic E-state index is -0.142. The maximum absolute atomic E-state index is 12.5. The van der Waals surface area contributed by atoms with Crippen molar-refractivity contribution >= 4 is 16.8 Å². The van der Waals surface area contributed by atoms with E-state index < -0.39 is 0 Å². The van der Waals surface area contributed by atoms with Crippen LogP contribution in [0.1, 0.15) is 49.4 Å². The number of nitrogens with zero attached hydrogens (tertiary/aromatic N) is 3. The Labute approximate surface area is 146 Å². The number of aryl methyl sites for hydroxylation is 1. The van der Waals surface area contributed by atoms with Crippen molar-refractivity contribution < 1.29 is 4.79 Å². The highest BCUT2D eigenvalue weighted by Crippen LogP contribution is 2.20. The minimum absolute atomic E-state index is 0.00299. The fourth-order valence-electron chi connectivity index (χ4n) is 3.64. The normalized spacial score (nSPS) is 15.6. The Balaban J connectivity index is 1.47. The lowest BCUT2D eigenvalue weighted by Crippen LogP contribution is -2.30. The van der Waals surface area contributed by atoms with Gasteiger partial charge in [0.05, 0.1) is 12.5 Å². The van der Waals surface area contributed by atoms with Gasteiger partial charge in [-0.2, -0.15) is 0 Å². The van der Waals surface area contributed by atoms with Gasteiger partial charge in [0, 0.05) is 30.1 Å². The van der Waals surface area contributed by atoms with Gasteiger partial charge in [0.1, 0.15) is 5.82 Å². The zero-order valence-corrected chi connectivity index (χ0v) is 14.5. The summed E-state index contributed by atoms with van der Waals surface area (Å²) in [5.41, 5.74) is 2.07. The molecule has 0 saturated carbocycles. The maximum Gasteiger partial charge on any atom is 0.225 e. The van der Waals surface area contributed by atoms with Crippen LogP contribution in [0.4, 0.5) is 0 Å². The molecular weight excluding hydrogens is 314 g/mol. The van der Waals surface area contributed by atoms with Crippen LogP contribution in [0, 0.1) is 0 Å². The predicted molar refractivity (Wildman–Crippen MR) is 96.1 cm³/mol. The first-order chi connectivity index (χ1) is 12.2. The summed E-state index contributed by atoms with van der Waals surface area (Å²) in [5.74, 6) is 1.91. The van der Waals surface area contributed by atoms with Gasteiger partial charge in [-0.25, -0.2) is 0 Å². The standard InChI is InChI=1S/C19H23N5O/c1-13(19-23-22-17-9-3-2-6-10-24(17)19)21-18(25)11-14-12-20-16-8-5-4-7-15(14)16/h4-5,7-8,12-13,20H,2-3,6,9-11H2,1H3,(H,21,25)/t13-/m0/s1. The van der Waals surface area contributed by atoms with E-state index in [0.29, 0.717) is 6.42 Å². The molecule has 0 fully saturated rings. The van der Waals surface area contributed by atoms with Gasteiger partial charge in [-0.1, -0.05) is 24.6 Å². The molecule has 0 aliphatic carbocycles. The Hall–Kier alpha value is -2.63. The average Bonchev–Trinajstić information content (AvgIpc) is 3.12. The molecule has 2 aromatic heterocycles. The van der Waals surface area contributed by atoms with Crippen LogP contribution in [0.2, 0.25) is 0 Å². The van der Waals surface area contributed by atoms with Crippen molar-refractivity contribution in [2.24, 2.45) is 0 Å². The van der Waals surface area contributed by atoms with E-state index in [4.69, 9.17) is 0 Å². The van der Waals surface area contributed by atoms with E-state index in [1.54, 1.807) is 0 Å². The van der Waals surface area contributed by atoms with Crippen LogP contribution in [0.3, 0.4) is 0 Å². The molecule has 4 rings (SSSR count). The zero-order valence-electron chi connectivity index (χ0n) is 14.5. The number of benzene rings is 1. The van der Waals surface area contributed by atoms with E-state index >= 15 is 0 Å². The van der Waals surface area contributed by atoms with Crippen LogP contribution in [0.5, 0.6) is 0 Å². The third-order valence-electron chi connectivity index (χ3n) is 4.93. The fourth-order valence-corrected chi connectivity index (χ4v) is 3.64. The molecule has 0 saturated heterocycles. The Morgan fingerprint density at radius 3 is 3.08 bits per heavy atom. The van der Waals surface area contributed by atoms with Gasteiger partial charge in [0.15, 0.2) is 5.82 Å². The summed E-state index contributed by atoms with van der Waals surface area (Å²) in [4.78, 5) is 15.7. The lowest BCUT2D eigenvalue weighted by atomic mass is 10.1. The fraction of sp³-hybridized carbons (Fsp3) is 0.421. The van der Waals surface area contributed by atoms with E-state index in [1.165, 1.54) is 12.8 Å². The van der Waals surface area contributed by atoms with E-state index in [-0.39, 0.29) is 11.9 Å². The highest BCUT2D eigenvalue weighted by molar-refractivity contribution is 5.88. The molecule has 1 atom stereocenters. The first kappa shape index (κ1) is 15.9. The van der Waals surface area contributed by atoms with Gasteiger partial charge in [-0.3, -0.25) is 4.79 Å². The molecule has 3 aromatic rings. The lowest BCUT2D eigenvalue weighted by molar-refractivity contribution is -0.121. The molecule has 0 radical (unpaired) electrons. The molecule has 6 heteroatoms. The number of nitrogens with one attached hydrogen (secondary N) is 2. The smallest absolute Gasteiger partial charge is 0.225 e. The summed E-state index contributed by atoms with van der Waals surface area (Å²) in [7, 11) is 0. The largest absolute Gasteiger partial charge is 0.361 e. The molecule has 0 spiro atoms. The van der Waals surface area contributed by atoms with E-state index in [2.05, 4.69) is 25.1 Å². The Bertz CT molecular complexity index is 894. The van der Waals surface area contributed by atoms with Gasteiger partial charge < -0.3 is 14.9 Å². The molecule has 3 heterocycles. The number of aromatic nitrogens is 4. The lowest BCUT2D eigenvalue weighted by Gasteiger charge is -2.15. The highest BCUT2D eigenvalue weighted by atomic mass is 16.1. The number of amides is 1. The SMILES string of the molecule is C[C@H](NC(=O)Cc1c[nH]c2ccccc12)c1nnc2n1CCCCC2. The van der Waals surface area contributed by atoms with Gasteiger partial charge in [0.2, 0.25) is 5.91 Å². The number of carbonyl (C=O) groups is 1. The summed E-state index contributed by atoms with van der Waals surface area (Å²) in [6.07, 6.45) is 6.79. The number of hydrogen-bond acceptors (Lipinski definition) is 3. The quantitative estimate of drug-likeness (QED) is 0.768. The van der Waals surface area contributed by atoms with Crippen molar-refractivity contribution in [3.63, 3.8) is 0 Å². The molecule has 0 bridgehead atoms. The number of hydrogen-bond donors (Lipinski definition) is 2. The van der Waals surface area contributed by atoms with E-state index in [9.17, 15) is 4.79 Å². The van der Waals surface area contributed by atoms with Crippen LogP contribution < -0.4 is 5.32 Å². The van der Waals surface area contributed by atoms with Gasteiger partial charge in [-0.15, -0.1) is 10.2 Å². The summed E-state index contributed by atoms with van der Waals surface area (Å²) in [6.45, 7) is 2.93. The maximum atomic E-state index is 12.5. The van der Waals surface area contributed by atoms with Crippen LogP contribution in [0.15, 0.2) is 30.5 Å². The van der Waals surface area contributed by atoms with Gasteiger partial charge in [0.25, 0.3) is 0 Å². The van der Waals surface area contributed by atoms with E-state index in [1.807, 2.05) is 37.4 Å². The van der Waals surface area contributed by atoms with Crippen molar-refractivity contribution in [1.29, 1.82) is 0 Å². The highest BCUT2D eigenvalue weighted by Gasteiger charge is 2.21.